The predicted molar refractivity (Wildman–Crippen MR) is 81.1 cm³/mol. The lowest BCUT2D eigenvalue weighted by Gasteiger charge is -2.35. The summed E-state index contributed by atoms with van der Waals surface area (Å²) in [5, 5.41) is 13.6. The van der Waals surface area contributed by atoms with Crippen LogP contribution in [0.3, 0.4) is 0 Å². The molecule has 0 aliphatic heterocycles. The Bertz CT molecular complexity index is 482. The van der Waals surface area contributed by atoms with Crippen LogP contribution in [0, 0.1) is 5.92 Å². The highest BCUT2D eigenvalue weighted by Gasteiger charge is 2.32. The van der Waals surface area contributed by atoms with Crippen molar-refractivity contribution < 1.29 is 9.84 Å². The number of hydrogen-bond donors (Lipinski definition) is 3. The van der Waals surface area contributed by atoms with Crippen LogP contribution in [0.2, 0.25) is 0 Å². The SMILES string of the molecule is CC1CCCC(O)(CNc2nc(N)nc(OC(C)C)n2)C1. The number of nitrogen functional groups attached to an aromatic ring is 1. The van der Waals surface area contributed by atoms with Crippen molar-refractivity contribution in [3.8, 4) is 6.01 Å². The number of anilines is 2. The van der Waals surface area contributed by atoms with Gasteiger partial charge >= 0.3 is 6.01 Å². The van der Waals surface area contributed by atoms with Gasteiger partial charge in [-0.25, -0.2) is 0 Å². The monoisotopic (exact) mass is 295 g/mol. The quantitative estimate of drug-likeness (QED) is 0.757. The first-order valence-electron chi connectivity index (χ1n) is 7.51. The summed E-state index contributed by atoms with van der Waals surface area (Å²) in [5.41, 5.74) is 4.94. The number of nitrogens with zero attached hydrogens (tertiary/aromatic N) is 3. The standard InChI is InChI=1S/C14H25N5O2/c1-9(2)21-13-18-11(15)17-12(19-13)16-8-14(20)6-4-5-10(3)7-14/h9-10,20H,4-8H2,1-3H3,(H3,15,16,17,18,19). The Balaban J connectivity index is 2.00. The van der Waals surface area contributed by atoms with Crippen molar-refractivity contribution in [1.82, 2.24) is 15.0 Å². The number of ether oxygens (including phenoxy) is 1. The highest BCUT2D eigenvalue weighted by Crippen LogP contribution is 2.32. The second kappa shape index (κ2) is 6.43. The molecule has 1 fully saturated rings. The molecule has 7 nitrogen and oxygen atoms in total. The molecule has 1 aromatic rings. The van der Waals surface area contributed by atoms with Crippen molar-refractivity contribution >= 4 is 11.9 Å². The third-order valence-corrected chi connectivity index (χ3v) is 3.62. The fourth-order valence-electron chi connectivity index (χ4n) is 2.75. The number of aliphatic hydroxyl groups is 1. The zero-order valence-electron chi connectivity index (χ0n) is 13.0. The van der Waals surface area contributed by atoms with E-state index in [1.54, 1.807) is 0 Å². The van der Waals surface area contributed by atoms with Crippen molar-refractivity contribution in [2.24, 2.45) is 5.92 Å². The Kier molecular flexibility index (Phi) is 4.82. The number of hydrogen-bond acceptors (Lipinski definition) is 7. The summed E-state index contributed by atoms with van der Waals surface area (Å²) in [4.78, 5) is 12.1. The van der Waals surface area contributed by atoms with E-state index in [1.807, 2.05) is 13.8 Å². The zero-order valence-corrected chi connectivity index (χ0v) is 13.0. The zero-order chi connectivity index (χ0) is 15.5. The molecule has 1 aliphatic carbocycles. The van der Waals surface area contributed by atoms with Gasteiger partial charge in [-0.2, -0.15) is 15.0 Å². The largest absolute Gasteiger partial charge is 0.461 e. The van der Waals surface area contributed by atoms with Crippen LogP contribution in [-0.2, 0) is 0 Å². The van der Waals surface area contributed by atoms with Crippen molar-refractivity contribution in [3.63, 3.8) is 0 Å². The summed E-state index contributed by atoms with van der Waals surface area (Å²) in [6, 6.07) is 0.198. The molecular weight excluding hydrogens is 270 g/mol. The van der Waals surface area contributed by atoms with E-state index in [1.165, 1.54) is 6.42 Å². The summed E-state index contributed by atoms with van der Waals surface area (Å²) in [6.45, 7) is 6.35. The molecule has 2 rings (SSSR count). The maximum atomic E-state index is 10.6. The van der Waals surface area contributed by atoms with Gasteiger partial charge in [0, 0.05) is 6.54 Å². The van der Waals surface area contributed by atoms with E-state index >= 15 is 0 Å². The molecule has 1 aliphatic rings. The average Bonchev–Trinajstić information content (AvgIpc) is 2.35. The first-order chi connectivity index (χ1) is 9.86. The van der Waals surface area contributed by atoms with Crippen LogP contribution >= 0.6 is 0 Å². The van der Waals surface area contributed by atoms with Gasteiger partial charge in [0.25, 0.3) is 0 Å². The van der Waals surface area contributed by atoms with Crippen molar-refractivity contribution in [3.05, 3.63) is 0 Å². The second-order valence-corrected chi connectivity index (χ2v) is 6.25. The first-order valence-corrected chi connectivity index (χ1v) is 7.51. The molecule has 1 aromatic heterocycles. The Morgan fingerprint density at radius 3 is 2.86 bits per heavy atom. The van der Waals surface area contributed by atoms with Gasteiger partial charge in [-0.05, 0) is 32.6 Å². The lowest BCUT2D eigenvalue weighted by molar-refractivity contribution is -0.000920. The topological polar surface area (TPSA) is 106 Å². The third kappa shape index (κ3) is 4.70. The molecule has 4 N–H and O–H groups in total. The number of rotatable bonds is 5. The van der Waals surface area contributed by atoms with Gasteiger partial charge in [0.2, 0.25) is 11.9 Å². The Morgan fingerprint density at radius 1 is 1.43 bits per heavy atom. The molecule has 7 heteroatoms. The van der Waals surface area contributed by atoms with Crippen LogP contribution in [0.4, 0.5) is 11.9 Å². The molecular formula is C14H25N5O2. The van der Waals surface area contributed by atoms with Crippen LogP contribution in [-0.4, -0.2) is 38.3 Å². The van der Waals surface area contributed by atoms with E-state index in [4.69, 9.17) is 10.5 Å². The fraction of sp³-hybridized carbons (Fsp3) is 0.786. The molecule has 0 bridgehead atoms. The van der Waals surface area contributed by atoms with E-state index < -0.39 is 5.60 Å². The van der Waals surface area contributed by atoms with Gasteiger partial charge < -0.3 is 20.9 Å². The third-order valence-electron chi connectivity index (χ3n) is 3.62. The molecule has 0 spiro atoms. The minimum absolute atomic E-state index is 0.0389. The number of nitrogens with two attached hydrogens (primary N) is 1. The normalized spacial score (nSPS) is 25.9. The first kappa shape index (κ1) is 15.8. The van der Waals surface area contributed by atoms with Crippen LogP contribution in [0.25, 0.3) is 0 Å². The molecule has 0 amide bonds. The lowest BCUT2D eigenvalue weighted by Crippen LogP contribution is -2.41. The molecule has 1 heterocycles. The molecule has 118 valence electrons. The lowest BCUT2D eigenvalue weighted by atomic mass is 9.79. The van der Waals surface area contributed by atoms with E-state index in [0.717, 1.165) is 19.3 Å². The van der Waals surface area contributed by atoms with E-state index in [9.17, 15) is 5.11 Å². The van der Waals surface area contributed by atoms with E-state index in [0.29, 0.717) is 18.4 Å². The molecule has 0 radical (unpaired) electrons. The molecule has 0 aromatic carbocycles. The smallest absolute Gasteiger partial charge is 0.323 e. The van der Waals surface area contributed by atoms with Crippen LogP contribution in [0.15, 0.2) is 0 Å². The van der Waals surface area contributed by atoms with E-state index in [-0.39, 0.29) is 18.1 Å². The van der Waals surface area contributed by atoms with Crippen molar-refractivity contribution in [2.75, 3.05) is 17.6 Å². The molecule has 2 unspecified atom stereocenters. The average molecular weight is 295 g/mol. The Hall–Kier alpha value is -1.63. The number of aromatic nitrogens is 3. The maximum absolute atomic E-state index is 10.6. The Labute approximate surface area is 125 Å². The van der Waals surface area contributed by atoms with Crippen LogP contribution < -0.4 is 15.8 Å². The maximum Gasteiger partial charge on any atom is 0.323 e. The summed E-state index contributed by atoms with van der Waals surface area (Å²) >= 11 is 0. The summed E-state index contributed by atoms with van der Waals surface area (Å²) < 4.78 is 5.42. The summed E-state index contributed by atoms with van der Waals surface area (Å²) in [5.74, 6) is 0.978. The number of nitrogens with one attached hydrogen (secondary N) is 1. The molecule has 21 heavy (non-hydrogen) atoms. The second-order valence-electron chi connectivity index (χ2n) is 6.25. The molecule has 0 saturated heterocycles. The summed E-state index contributed by atoms with van der Waals surface area (Å²) in [7, 11) is 0. The van der Waals surface area contributed by atoms with Crippen molar-refractivity contribution in [2.45, 2.75) is 58.2 Å². The van der Waals surface area contributed by atoms with Gasteiger partial charge in [-0.1, -0.05) is 19.8 Å². The van der Waals surface area contributed by atoms with E-state index in [2.05, 4.69) is 27.2 Å². The minimum atomic E-state index is -0.710. The van der Waals surface area contributed by atoms with Gasteiger partial charge in [0.1, 0.15) is 0 Å². The fourth-order valence-corrected chi connectivity index (χ4v) is 2.75. The molecule has 1 saturated carbocycles. The van der Waals surface area contributed by atoms with Crippen LogP contribution in [0.5, 0.6) is 6.01 Å². The minimum Gasteiger partial charge on any atom is -0.461 e. The van der Waals surface area contributed by atoms with Crippen LogP contribution in [0.1, 0.15) is 46.5 Å². The van der Waals surface area contributed by atoms with Crippen molar-refractivity contribution in [1.29, 1.82) is 0 Å². The highest BCUT2D eigenvalue weighted by molar-refractivity contribution is 5.33. The Morgan fingerprint density at radius 2 is 2.19 bits per heavy atom. The predicted octanol–water partition coefficient (Wildman–Crippen LogP) is 1.59. The van der Waals surface area contributed by atoms with Gasteiger partial charge in [-0.15, -0.1) is 0 Å². The van der Waals surface area contributed by atoms with Gasteiger partial charge in [0.15, 0.2) is 0 Å². The van der Waals surface area contributed by atoms with Gasteiger partial charge in [0.05, 0.1) is 11.7 Å². The molecule has 2 atom stereocenters. The highest BCUT2D eigenvalue weighted by atomic mass is 16.5. The summed E-state index contributed by atoms with van der Waals surface area (Å²) in [6.07, 6.45) is 3.76. The van der Waals surface area contributed by atoms with Gasteiger partial charge in [-0.3, -0.25) is 0 Å².